The molecule has 1 rings (SSSR count). The lowest BCUT2D eigenvalue weighted by atomic mass is 9.91. The van der Waals surface area contributed by atoms with E-state index in [1.807, 2.05) is 13.2 Å². The average molecular weight is 236 g/mol. The second-order valence-corrected chi connectivity index (χ2v) is 5.27. The molecule has 96 valence electrons. The normalized spacial score (nSPS) is 11.8. The van der Waals surface area contributed by atoms with Gasteiger partial charge in [-0.25, -0.2) is 0 Å². The van der Waals surface area contributed by atoms with E-state index in [-0.39, 0.29) is 5.41 Å². The van der Waals surface area contributed by atoms with Crippen LogP contribution in [0.5, 0.6) is 0 Å². The summed E-state index contributed by atoms with van der Waals surface area (Å²) in [5, 5.41) is 3.05. The van der Waals surface area contributed by atoms with E-state index in [0.717, 1.165) is 31.9 Å². The summed E-state index contributed by atoms with van der Waals surface area (Å²) in [6.45, 7) is 8.96. The van der Waals surface area contributed by atoms with Crippen molar-refractivity contribution in [2.75, 3.05) is 26.8 Å². The third kappa shape index (κ3) is 5.29. The van der Waals surface area contributed by atoms with Gasteiger partial charge in [0.1, 0.15) is 0 Å². The zero-order chi connectivity index (χ0) is 12.7. The number of rotatable bonds is 6. The molecule has 0 saturated heterocycles. The van der Waals surface area contributed by atoms with Gasteiger partial charge >= 0.3 is 0 Å². The maximum Gasteiger partial charge on any atom is 0.0590 e. The fourth-order valence-corrected chi connectivity index (χ4v) is 1.48. The molecule has 0 aliphatic carbocycles. The predicted octanol–water partition coefficient (Wildman–Crippen LogP) is 2.16. The van der Waals surface area contributed by atoms with E-state index in [0.29, 0.717) is 0 Å². The lowest BCUT2D eigenvalue weighted by molar-refractivity contribution is 0.140. The fourth-order valence-electron chi connectivity index (χ4n) is 1.48. The van der Waals surface area contributed by atoms with Crippen molar-refractivity contribution in [2.45, 2.75) is 32.6 Å². The van der Waals surface area contributed by atoms with Gasteiger partial charge in [0.05, 0.1) is 13.2 Å². The number of likely N-dealkylation sites (N-methyl/N-ethyl adjacent to an activating group) is 1. The lowest BCUT2D eigenvalue weighted by Gasteiger charge is -2.17. The quantitative estimate of drug-likeness (QED) is 0.769. The van der Waals surface area contributed by atoms with Crippen LogP contribution in [0.25, 0.3) is 0 Å². The molecule has 0 bridgehead atoms. The Bertz CT molecular complexity index is 314. The van der Waals surface area contributed by atoms with Crippen LogP contribution < -0.4 is 5.32 Å². The van der Waals surface area contributed by atoms with Gasteiger partial charge in [-0.15, -0.1) is 0 Å². The molecule has 0 fully saturated rings. The van der Waals surface area contributed by atoms with Crippen LogP contribution in [-0.4, -0.2) is 31.8 Å². The molecule has 1 heterocycles. The number of aromatic nitrogens is 1. The molecule has 0 aromatic carbocycles. The summed E-state index contributed by atoms with van der Waals surface area (Å²) in [5.41, 5.74) is 2.50. The van der Waals surface area contributed by atoms with Gasteiger partial charge in [-0.3, -0.25) is 4.98 Å². The van der Waals surface area contributed by atoms with Gasteiger partial charge < -0.3 is 10.1 Å². The van der Waals surface area contributed by atoms with Crippen molar-refractivity contribution in [2.24, 2.45) is 0 Å². The maximum atomic E-state index is 5.49. The third-order valence-corrected chi connectivity index (χ3v) is 2.62. The largest absolute Gasteiger partial charge is 0.380 e. The zero-order valence-electron chi connectivity index (χ0n) is 11.4. The second kappa shape index (κ2) is 6.72. The Morgan fingerprint density at radius 1 is 1.24 bits per heavy atom. The summed E-state index contributed by atoms with van der Waals surface area (Å²) < 4.78 is 5.49. The standard InChI is InChI=1S/C14H24N2O/c1-14(2,3)13-6-5-12(11-16-13)7-9-17-10-8-15-4/h5-6,11,15H,7-10H2,1-4H3. The molecule has 0 unspecified atom stereocenters. The highest BCUT2D eigenvalue weighted by Gasteiger charge is 2.14. The average Bonchev–Trinajstić information content (AvgIpc) is 2.28. The highest BCUT2D eigenvalue weighted by atomic mass is 16.5. The maximum absolute atomic E-state index is 5.49. The Labute approximate surface area is 105 Å². The molecule has 0 atom stereocenters. The van der Waals surface area contributed by atoms with Gasteiger partial charge in [-0.05, 0) is 25.1 Å². The SMILES string of the molecule is CNCCOCCc1ccc(C(C)(C)C)nc1. The van der Waals surface area contributed by atoms with Gasteiger partial charge in [0, 0.05) is 23.9 Å². The molecule has 3 heteroatoms. The van der Waals surface area contributed by atoms with Crippen molar-refractivity contribution in [3.05, 3.63) is 29.6 Å². The van der Waals surface area contributed by atoms with Crippen LogP contribution in [0.4, 0.5) is 0 Å². The first kappa shape index (κ1) is 14.1. The Morgan fingerprint density at radius 2 is 2.00 bits per heavy atom. The van der Waals surface area contributed by atoms with E-state index < -0.39 is 0 Å². The minimum absolute atomic E-state index is 0.127. The molecule has 0 aliphatic heterocycles. The van der Waals surface area contributed by atoms with Gasteiger partial charge in [0.25, 0.3) is 0 Å². The van der Waals surface area contributed by atoms with Crippen LogP contribution >= 0.6 is 0 Å². The first-order chi connectivity index (χ1) is 8.04. The topological polar surface area (TPSA) is 34.1 Å². The fraction of sp³-hybridized carbons (Fsp3) is 0.643. The van der Waals surface area contributed by atoms with Crippen molar-refractivity contribution in [1.82, 2.24) is 10.3 Å². The molecular formula is C14H24N2O. The highest BCUT2D eigenvalue weighted by molar-refractivity contribution is 5.19. The van der Waals surface area contributed by atoms with Gasteiger partial charge in [-0.1, -0.05) is 26.8 Å². The van der Waals surface area contributed by atoms with Crippen molar-refractivity contribution < 1.29 is 4.74 Å². The van der Waals surface area contributed by atoms with Crippen molar-refractivity contribution in [3.8, 4) is 0 Å². The van der Waals surface area contributed by atoms with E-state index in [9.17, 15) is 0 Å². The summed E-state index contributed by atoms with van der Waals surface area (Å²) in [6, 6.07) is 4.26. The van der Waals surface area contributed by atoms with E-state index >= 15 is 0 Å². The van der Waals surface area contributed by atoms with Crippen LogP contribution in [0.2, 0.25) is 0 Å². The van der Waals surface area contributed by atoms with Crippen molar-refractivity contribution in [1.29, 1.82) is 0 Å². The summed E-state index contributed by atoms with van der Waals surface area (Å²) in [7, 11) is 1.93. The minimum Gasteiger partial charge on any atom is -0.380 e. The first-order valence-electron chi connectivity index (χ1n) is 6.22. The summed E-state index contributed by atoms with van der Waals surface area (Å²) in [6.07, 6.45) is 2.89. The Balaban J connectivity index is 2.36. The Kier molecular flexibility index (Phi) is 5.59. The van der Waals surface area contributed by atoms with Crippen LogP contribution in [0, 0.1) is 0 Å². The number of pyridine rings is 1. The number of nitrogens with one attached hydrogen (secondary N) is 1. The van der Waals surface area contributed by atoms with Crippen LogP contribution in [0.15, 0.2) is 18.3 Å². The number of hydrogen-bond donors (Lipinski definition) is 1. The molecule has 0 saturated carbocycles. The summed E-state index contributed by atoms with van der Waals surface area (Å²) >= 11 is 0. The summed E-state index contributed by atoms with van der Waals surface area (Å²) in [5.74, 6) is 0. The molecule has 0 radical (unpaired) electrons. The Morgan fingerprint density at radius 3 is 2.53 bits per heavy atom. The molecular weight excluding hydrogens is 212 g/mol. The zero-order valence-corrected chi connectivity index (χ0v) is 11.4. The lowest BCUT2D eigenvalue weighted by Crippen LogP contribution is -2.15. The minimum atomic E-state index is 0.127. The van der Waals surface area contributed by atoms with E-state index in [4.69, 9.17) is 4.74 Å². The van der Waals surface area contributed by atoms with Gasteiger partial charge in [-0.2, -0.15) is 0 Å². The number of hydrogen-bond acceptors (Lipinski definition) is 3. The van der Waals surface area contributed by atoms with Crippen molar-refractivity contribution >= 4 is 0 Å². The third-order valence-electron chi connectivity index (χ3n) is 2.62. The molecule has 0 spiro atoms. The second-order valence-electron chi connectivity index (χ2n) is 5.27. The van der Waals surface area contributed by atoms with Crippen LogP contribution in [0.3, 0.4) is 0 Å². The summed E-state index contributed by atoms with van der Waals surface area (Å²) in [4.78, 5) is 4.50. The van der Waals surface area contributed by atoms with Crippen molar-refractivity contribution in [3.63, 3.8) is 0 Å². The predicted molar refractivity (Wildman–Crippen MR) is 71.4 cm³/mol. The molecule has 0 amide bonds. The number of ether oxygens (including phenoxy) is 1. The monoisotopic (exact) mass is 236 g/mol. The smallest absolute Gasteiger partial charge is 0.0590 e. The molecule has 1 N–H and O–H groups in total. The van der Waals surface area contributed by atoms with Gasteiger partial charge in [0.15, 0.2) is 0 Å². The molecule has 17 heavy (non-hydrogen) atoms. The van der Waals surface area contributed by atoms with Crippen LogP contribution in [-0.2, 0) is 16.6 Å². The van der Waals surface area contributed by atoms with E-state index in [2.05, 4.69) is 43.2 Å². The van der Waals surface area contributed by atoms with E-state index in [1.165, 1.54) is 5.56 Å². The molecule has 1 aromatic rings. The first-order valence-corrected chi connectivity index (χ1v) is 6.22. The van der Waals surface area contributed by atoms with Gasteiger partial charge in [0.2, 0.25) is 0 Å². The Hall–Kier alpha value is -0.930. The molecule has 1 aromatic heterocycles. The molecule has 3 nitrogen and oxygen atoms in total. The number of nitrogens with zero attached hydrogens (tertiary/aromatic N) is 1. The van der Waals surface area contributed by atoms with E-state index in [1.54, 1.807) is 0 Å². The van der Waals surface area contributed by atoms with Crippen LogP contribution in [0.1, 0.15) is 32.0 Å². The highest BCUT2D eigenvalue weighted by Crippen LogP contribution is 2.19. The molecule has 0 aliphatic rings.